The van der Waals surface area contributed by atoms with Gasteiger partial charge in [0.05, 0.1) is 0 Å². The smallest absolute Gasteiger partial charge is 0.317 e. The third-order valence-corrected chi connectivity index (χ3v) is 3.78. The summed E-state index contributed by atoms with van der Waals surface area (Å²) in [5.41, 5.74) is 0.783. The number of amides is 2. The lowest BCUT2D eigenvalue weighted by molar-refractivity contribution is 0.173. The Morgan fingerprint density at radius 2 is 2.11 bits per heavy atom. The summed E-state index contributed by atoms with van der Waals surface area (Å²) in [6.45, 7) is 0.369. The van der Waals surface area contributed by atoms with E-state index in [-0.39, 0.29) is 11.8 Å². The molecule has 1 N–H and O–H groups in total. The van der Waals surface area contributed by atoms with E-state index in [9.17, 15) is 9.18 Å². The number of benzene rings is 1. The third-order valence-electron chi connectivity index (χ3n) is 3.78. The second-order valence-corrected chi connectivity index (χ2v) is 5.19. The Hall–Kier alpha value is -1.58. The van der Waals surface area contributed by atoms with Gasteiger partial charge in [-0.3, -0.25) is 0 Å². The van der Waals surface area contributed by atoms with Gasteiger partial charge >= 0.3 is 6.03 Å². The SMILES string of the molecule is CN(C(=O)NCc1cccc(F)c1)C1CCCCC1. The van der Waals surface area contributed by atoms with Gasteiger partial charge in [-0.05, 0) is 30.5 Å². The number of hydrogen-bond donors (Lipinski definition) is 1. The topological polar surface area (TPSA) is 32.3 Å². The van der Waals surface area contributed by atoms with Gasteiger partial charge in [0, 0.05) is 19.6 Å². The van der Waals surface area contributed by atoms with Crippen LogP contribution in [0.3, 0.4) is 0 Å². The molecule has 0 aliphatic heterocycles. The zero-order chi connectivity index (χ0) is 13.7. The molecule has 0 unspecified atom stereocenters. The maximum Gasteiger partial charge on any atom is 0.317 e. The summed E-state index contributed by atoms with van der Waals surface area (Å²) < 4.78 is 13.0. The summed E-state index contributed by atoms with van der Waals surface area (Å²) in [6.07, 6.45) is 5.85. The first kappa shape index (κ1) is 13.8. The van der Waals surface area contributed by atoms with Crippen LogP contribution >= 0.6 is 0 Å². The Kier molecular flexibility index (Phi) is 4.77. The molecular weight excluding hydrogens is 243 g/mol. The van der Waals surface area contributed by atoms with Crippen LogP contribution in [-0.2, 0) is 6.54 Å². The number of nitrogens with one attached hydrogen (secondary N) is 1. The summed E-state index contributed by atoms with van der Waals surface area (Å²) in [5.74, 6) is -0.271. The van der Waals surface area contributed by atoms with Crippen LogP contribution in [0.4, 0.5) is 9.18 Å². The number of rotatable bonds is 3. The molecule has 1 aliphatic carbocycles. The standard InChI is InChI=1S/C15H21FN2O/c1-18(14-8-3-2-4-9-14)15(19)17-11-12-6-5-7-13(16)10-12/h5-7,10,14H,2-4,8-9,11H2,1H3,(H,17,19). The van der Waals surface area contributed by atoms with Crippen molar-refractivity contribution < 1.29 is 9.18 Å². The van der Waals surface area contributed by atoms with Gasteiger partial charge in [-0.1, -0.05) is 31.4 Å². The minimum absolute atomic E-state index is 0.0730. The van der Waals surface area contributed by atoms with Gasteiger partial charge in [-0.2, -0.15) is 0 Å². The molecule has 0 aromatic heterocycles. The average molecular weight is 264 g/mol. The molecule has 4 heteroatoms. The Balaban J connectivity index is 1.83. The summed E-state index contributed by atoms with van der Waals surface area (Å²) in [7, 11) is 1.84. The van der Waals surface area contributed by atoms with Crippen LogP contribution in [0.15, 0.2) is 24.3 Å². The summed E-state index contributed by atoms with van der Waals surface area (Å²) in [4.78, 5) is 13.8. The molecule has 1 saturated carbocycles. The molecule has 2 amide bonds. The predicted molar refractivity (Wildman–Crippen MR) is 73.3 cm³/mol. The van der Waals surface area contributed by atoms with Crippen molar-refractivity contribution in [2.45, 2.75) is 44.7 Å². The van der Waals surface area contributed by atoms with Gasteiger partial charge in [0.25, 0.3) is 0 Å². The molecule has 1 aromatic rings. The highest BCUT2D eigenvalue weighted by Crippen LogP contribution is 2.21. The maximum atomic E-state index is 13.0. The van der Waals surface area contributed by atoms with Crippen molar-refractivity contribution in [3.8, 4) is 0 Å². The van der Waals surface area contributed by atoms with Crippen molar-refractivity contribution in [2.75, 3.05) is 7.05 Å². The molecular formula is C15H21FN2O. The molecule has 0 saturated heterocycles. The molecule has 1 aromatic carbocycles. The molecule has 19 heavy (non-hydrogen) atoms. The van der Waals surface area contributed by atoms with Crippen LogP contribution < -0.4 is 5.32 Å². The Morgan fingerprint density at radius 1 is 1.37 bits per heavy atom. The minimum Gasteiger partial charge on any atom is -0.334 e. The second kappa shape index (κ2) is 6.55. The number of nitrogens with zero attached hydrogens (tertiary/aromatic N) is 1. The first-order valence-corrected chi connectivity index (χ1v) is 6.92. The molecule has 0 radical (unpaired) electrons. The van der Waals surface area contributed by atoms with Crippen LogP contribution in [0, 0.1) is 5.82 Å². The van der Waals surface area contributed by atoms with Gasteiger partial charge in [0.1, 0.15) is 5.82 Å². The van der Waals surface area contributed by atoms with E-state index in [0.29, 0.717) is 12.6 Å². The second-order valence-electron chi connectivity index (χ2n) is 5.19. The fraction of sp³-hybridized carbons (Fsp3) is 0.533. The van der Waals surface area contributed by atoms with Gasteiger partial charge in [0.2, 0.25) is 0 Å². The molecule has 2 rings (SSSR count). The Bertz CT molecular complexity index is 430. The van der Waals surface area contributed by atoms with Crippen molar-refractivity contribution in [3.63, 3.8) is 0 Å². The number of urea groups is 1. The summed E-state index contributed by atoms with van der Waals surface area (Å²) in [6, 6.07) is 6.59. The predicted octanol–water partition coefficient (Wildman–Crippen LogP) is 3.30. The van der Waals surface area contributed by atoms with Crippen molar-refractivity contribution in [2.24, 2.45) is 0 Å². The summed E-state index contributed by atoms with van der Waals surface area (Å²) >= 11 is 0. The molecule has 3 nitrogen and oxygen atoms in total. The summed E-state index contributed by atoms with van der Waals surface area (Å²) in [5, 5.41) is 2.84. The van der Waals surface area contributed by atoms with E-state index in [4.69, 9.17) is 0 Å². The van der Waals surface area contributed by atoms with E-state index in [1.807, 2.05) is 13.1 Å². The van der Waals surface area contributed by atoms with Gasteiger partial charge < -0.3 is 10.2 Å². The fourth-order valence-corrected chi connectivity index (χ4v) is 2.58. The van der Waals surface area contributed by atoms with Crippen molar-refractivity contribution in [3.05, 3.63) is 35.6 Å². The van der Waals surface area contributed by atoms with Gasteiger partial charge in [0.15, 0.2) is 0 Å². The quantitative estimate of drug-likeness (QED) is 0.892. The highest BCUT2D eigenvalue weighted by Gasteiger charge is 2.21. The first-order chi connectivity index (χ1) is 9.16. The normalized spacial score (nSPS) is 16.1. The molecule has 0 bridgehead atoms. The van der Waals surface area contributed by atoms with E-state index >= 15 is 0 Å². The highest BCUT2D eigenvalue weighted by molar-refractivity contribution is 5.74. The van der Waals surface area contributed by atoms with Crippen LogP contribution in [0.1, 0.15) is 37.7 Å². The largest absolute Gasteiger partial charge is 0.334 e. The zero-order valence-electron chi connectivity index (χ0n) is 11.4. The van der Waals surface area contributed by atoms with E-state index in [1.165, 1.54) is 31.4 Å². The lowest BCUT2D eigenvalue weighted by Crippen LogP contribution is -2.44. The first-order valence-electron chi connectivity index (χ1n) is 6.92. The molecule has 104 valence electrons. The minimum atomic E-state index is -0.271. The van der Waals surface area contributed by atoms with Crippen molar-refractivity contribution >= 4 is 6.03 Å². The van der Waals surface area contributed by atoms with Crippen LogP contribution in [-0.4, -0.2) is 24.0 Å². The molecule has 0 heterocycles. The third kappa shape index (κ3) is 3.94. The lowest BCUT2D eigenvalue weighted by Gasteiger charge is -2.31. The van der Waals surface area contributed by atoms with Crippen LogP contribution in [0.2, 0.25) is 0 Å². The Morgan fingerprint density at radius 3 is 2.79 bits per heavy atom. The monoisotopic (exact) mass is 264 g/mol. The van der Waals surface area contributed by atoms with E-state index in [1.54, 1.807) is 11.0 Å². The van der Waals surface area contributed by atoms with E-state index in [0.717, 1.165) is 18.4 Å². The Labute approximate surface area is 113 Å². The van der Waals surface area contributed by atoms with Gasteiger partial charge in [-0.15, -0.1) is 0 Å². The highest BCUT2D eigenvalue weighted by atomic mass is 19.1. The average Bonchev–Trinajstić information content (AvgIpc) is 2.45. The molecule has 1 fully saturated rings. The number of halogens is 1. The molecule has 0 spiro atoms. The van der Waals surface area contributed by atoms with Crippen molar-refractivity contribution in [1.29, 1.82) is 0 Å². The van der Waals surface area contributed by atoms with E-state index in [2.05, 4.69) is 5.32 Å². The number of carbonyl (C=O) groups excluding carboxylic acids is 1. The van der Waals surface area contributed by atoms with E-state index < -0.39 is 0 Å². The van der Waals surface area contributed by atoms with Crippen molar-refractivity contribution in [1.82, 2.24) is 10.2 Å². The number of carbonyl (C=O) groups is 1. The van der Waals surface area contributed by atoms with Gasteiger partial charge in [-0.25, -0.2) is 9.18 Å². The van der Waals surface area contributed by atoms with Crippen LogP contribution in [0.5, 0.6) is 0 Å². The molecule has 1 aliphatic rings. The lowest BCUT2D eigenvalue weighted by atomic mass is 9.95. The fourth-order valence-electron chi connectivity index (χ4n) is 2.58. The maximum absolute atomic E-state index is 13.0. The zero-order valence-corrected chi connectivity index (χ0v) is 11.4. The molecule has 0 atom stereocenters. The number of hydrogen-bond acceptors (Lipinski definition) is 1. The van der Waals surface area contributed by atoms with Crippen LogP contribution in [0.25, 0.3) is 0 Å².